The van der Waals surface area contributed by atoms with Crippen LogP contribution >= 0.6 is 0 Å². The molecule has 142 valence electrons. The molecule has 1 N–H and O–H groups in total. The van der Waals surface area contributed by atoms with Crippen LogP contribution < -0.4 is 0 Å². The minimum atomic E-state index is -0.589. The molecule has 0 saturated heterocycles. The van der Waals surface area contributed by atoms with Crippen molar-refractivity contribution in [3.8, 4) is 11.3 Å². The number of nitrogens with zero attached hydrogens (tertiary/aromatic N) is 2. The standard InChI is InChI=1S/C23H22N2O3/c1-23(2,3)28-22(27)25-13-18(17-9-5-7-11-21(17)25)20-12-15(14-26)16-8-4-6-10-19(16)24-20/h4-13,26H,14H2,1-3H3. The van der Waals surface area contributed by atoms with Gasteiger partial charge in [-0.05, 0) is 44.5 Å². The molecule has 0 unspecified atom stereocenters. The van der Waals surface area contributed by atoms with Gasteiger partial charge in [-0.2, -0.15) is 0 Å². The number of aromatic nitrogens is 2. The maximum Gasteiger partial charge on any atom is 0.419 e. The van der Waals surface area contributed by atoms with Gasteiger partial charge in [0.25, 0.3) is 0 Å². The SMILES string of the molecule is CC(C)(C)OC(=O)n1cc(-c2cc(CO)c3ccccc3n2)c2ccccc21. The Labute approximate surface area is 163 Å². The molecular weight excluding hydrogens is 352 g/mol. The smallest absolute Gasteiger partial charge is 0.419 e. The highest BCUT2D eigenvalue weighted by Gasteiger charge is 2.21. The lowest BCUT2D eigenvalue weighted by molar-refractivity contribution is 0.0544. The highest BCUT2D eigenvalue weighted by Crippen LogP contribution is 2.32. The monoisotopic (exact) mass is 374 g/mol. The summed E-state index contributed by atoms with van der Waals surface area (Å²) in [5, 5.41) is 11.7. The first-order valence-corrected chi connectivity index (χ1v) is 9.21. The van der Waals surface area contributed by atoms with Crippen molar-refractivity contribution in [2.75, 3.05) is 0 Å². The predicted molar refractivity (Wildman–Crippen MR) is 110 cm³/mol. The van der Waals surface area contributed by atoms with Crippen molar-refractivity contribution < 1.29 is 14.6 Å². The fourth-order valence-corrected chi connectivity index (χ4v) is 3.36. The van der Waals surface area contributed by atoms with E-state index in [1.54, 1.807) is 6.20 Å². The summed E-state index contributed by atoms with van der Waals surface area (Å²) in [6.07, 6.45) is 1.33. The Morgan fingerprint density at radius 2 is 1.75 bits per heavy atom. The molecule has 0 bridgehead atoms. The molecule has 2 aromatic carbocycles. The molecule has 5 heteroatoms. The lowest BCUT2D eigenvalue weighted by Gasteiger charge is -2.19. The zero-order valence-corrected chi connectivity index (χ0v) is 16.1. The number of fused-ring (bicyclic) bond motifs is 2. The Bertz CT molecular complexity index is 1190. The van der Waals surface area contributed by atoms with Crippen LogP contribution in [-0.2, 0) is 11.3 Å². The number of rotatable bonds is 2. The van der Waals surface area contributed by atoms with Crippen molar-refractivity contribution in [2.24, 2.45) is 0 Å². The molecule has 2 heterocycles. The van der Waals surface area contributed by atoms with Crippen LogP contribution in [0.3, 0.4) is 0 Å². The average Bonchev–Trinajstić information content (AvgIpc) is 3.05. The number of aliphatic hydroxyl groups is 1. The third-order valence-electron chi connectivity index (χ3n) is 4.55. The van der Waals surface area contributed by atoms with Crippen LogP contribution in [0.25, 0.3) is 33.1 Å². The van der Waals surface area contributed by atoms with Gasteiger partial charge in [0.05, 0.1) is 23.3 Å². The molecule has 5 nitrogen and oxygen atoms in total. The number of hydrogen-bond acceptors (Lipinski definition) is 4. The van der Waals surface area contributed by atoms with Crippen LogP contribution in [0.4, 0.5) is 4.79 Å². The van der Waals surface area contributed by atoms with Crippen LogP contribution in [-0.4, -0.2) is 26.4 Å². The van der Waals surface area contributed by atoms with Crippen molar-refractivity contribution in [3.05, 3.63) is 66.4 Å². The van der Waals surface area contributed by atoms with Crippen LogP contribution in [0, 0.1) is 0 Å². The number of para-hydroxylation sites is 2. The molecule has 0 amide bonds. The fourth-order valence-electron chi connectivity index (χ4n) is 3.36. The zero-order chi connectivity index (χ0) is 19.9. The first-order valence-electron chi connectivity index (χ1n) is 9.21. The van der Waals surface area contributed by atoms with Crippen LogP contribution in [0.5, 0.6) is 0 Å². The average molecular weight is 374 g/mol. The maximum atomic E-state index is 12.7. The Morgan fingerprint density at radius 1 is 1.07 bits per heavy atom. The van der Waals surface area contributed by atoms with Gasteiger partial charge in [-0.3, -0.25) is 4.57 Å². The highest BCUT2D eigenvalue weighted by molar-refractivity contribution is 6.01. The van der Waals surface area contributed by atoms with E-state index in [2.05, 4.69) is 0 Å². The molecule has 0 radical (unpaired) electrons. The number of ether oxygens (including phenoxy) is 1. The second-order valence-electron chi connectivity index (χ2n) is 7.75. The Kier molecular flexibility index (Phi) is 4.40. The van der Waals surface area contributed by atoms with E-state index in [0.717, 1.165) is 32.9 Å². The van der Waals surface area contributed by atoms with Crippen LogP contribution in [0.15, 0.2) is 60.8 Å². The Balaban J connectivity index is 1.93. The summed E-state index contributed by atoms with van der Waals surface area (Å²) in [7, 11) is 0. The third kappa shape index (κ3) is 3.25. The summed E-state index contributed by atoms with van der Waals surface area (Å²) in [4.78, 5) is 17.5. The number of benzene rings is 2. The second kappa shape index (κ2) is 6.77. The van der Waals surface area contributed by atoms with Crippen molar-refractivity contribution in [1.82, 2.24) is 9.55 Å². The summed E-state index contributed by atoms with van der Waals surface area (Å²) in [6.45, 7) is 5.45. The number of carbonyl (C=O) groups excluding carboxylic acids is 1. The van der Waals surface area contributed by atoms with Gasteiger partial charge >= 0.3 is 6.09 Å². The Morgan fingerprint density at radius 3 is 2.46 bits per heavy atom. The van der Waals surface area contributed by atoms with E-state index in [1.807, 2.05) is 75.4 Å². The maximum absolute atomic E-state index is 12.7. The first kappa shape index (κ1) is 18.2. The molecular formula is C23H22N2O3. The number of pyridine rings is 1. The minimum Gasteiger partial charge on any atom is -0.443 e. The van der Waals surface area contributed by atoms with Crippen molar-refractivity contribution >= 4 is 27.9 Å². The molecule has 4 aromatic rings. The quantitative estimate of drug-likeness (QED) is 0.528. The molecule has 0 saturated carbocycles. The van der Waals surface area contributed by atoms with E-state index in [9.17, 15) is 9.90 Å². The molecule has 0 aliphatic carbocycles. The van der Waals surface area contributed by atoms with E-state index in [1.165, 1.54) is 4.57 Å². The van der Waals surface area contributed by atoms with Gasteiger partial charge in [0, 0.05) is 22.5 Å². The molecule has 0 spiro atoms. The first-order chi connectivity index (χ1) is 13.4. The van der Waals surface area contributed by atoms with E-state index in [4.69, 9.17) is 9.72 Å². The van der Waals surface area contributed by atoms with Crippen molar-refractivity contribution in [2.45, 2.75) is 33.0 Å². The summed E-state index contributed by atoms with van der Waals surface area (Å²) in [5.41, 5.74) is 3.30. The number of hydrogen-bond donors (Lipinski definition) is 1. The molecule has 2 aromatic heterocycles. The summed E-state index contributed by atoms with van der Waals surface area (Å²) in [6, 6.07) is 17.3. The predicted octanol–water partition coefficient (Wildman–Crippen LogP) is 5.13. The van der Waals surface area contributed by atoms with Gasteiger partial charge in [0.1, 0.15) is 5.60 Å². The van der Waals surface area contributed by atoms with E-state index in [0.29, 0.717) is 5.69 Å². The molecule has 0 aliphatic heterocycles. The van der Waals surface area contributed by atoms with Gasteiger partial charge < -0.3 is 9.84 Å². The molecule has 0 atom stereocenters. The third-order valence-corrected chi connectivity index (χ3v) is 4.55. The highest BCUT2D eigenvalue weighted by atomic mass is 16.6. The van der Waals surface area contributed by atoms with Crippen molar-refractivity contribution in [3.63, 3.8) is 0 Å². The number of carbonyl (C=O) groups is 1. The van der Waals surface area contributed by atoms with Crippen LogP contribution in [0.2, 0.25) is 0 Å². The lowest BCUT2D eigenvalue weighted by Crippen LogP contribution is -2.26. The molecule has 0 fully saturated rings. The summed E-state index contributed by atoms with van der Waals surface area (Å²) in [5.74, 6) is 0. The van der Waals surface area contributed by atoms with Gasteiger partial charge in [0.15, 0.2) is 0 Å². The Hall–Kier alpha value is -3.18. The largest absolute Gasteiger partial charge is 0.443 e. The topological polar surface area (TPSA) is 64.3 Å². The molecule has 4 rings (SSSR count). The summed E-state index contributed by atoms with van der Waals surface area (Å²) >= 11 is 0. The van der Waals surface area contributed by atoms with E-state index >= 15 is 0 Å². The zero-order valence-electron chi connectivity index (χ0n) is 16.1. The van der Waals surface area contributed by atoms with Crippen molar-refractivity contribution in [1.29, 1.82) is 0 Å². The van der Waals surface area contributed by atoms with Crippen LogP contribution in [0.1, 0.15) is 26.3 Å². The number of aliphatic hydroxyl groups excluding tert-OH is 1. The fraction of sp³-hybridized carbons (Fsp3) is 0.217. The normalized spacial score (nSPS) is 11.9. The van der Waals surface area contributed by atoms with E-state index in [-0.39, 0.29) is 6.61 Å². The van der Waals surface area contributed by atoms with Gasteiger partial charge in [0.2, 0.25) is 0 Å². The summed E-state index contributed by atoms with van der Waals surface area (Å²) < 4.78 is 7.08. The van der Waals surface area contributed by atoms with Gasteiger partial charge in [-0.15, -0.1) is 0 Å². The van der Waals surface area contributed by atoms with Gasteiger partial charge in [-0.25, -0.2) is 9.78 Å². The van der Waals surface area contributed by atoms with E-state index < -0.39 is 11.7 Å². The second-order valence-corrected chi connectivity index (χ2v) is 7.75. The molecule has 0 aliphatic rings. The lowest BCUT2D eigenvalue weighted by atomic mass is 10.0. The minimum absolute atomic E-state index is 0.0826. The molecule has 28 heavy (non-hydrogen) atoms. The van der Waals surface area contributed by atoms with Gasteiger partial charge in [-0.1, -0.05) is 36.4 Å².